The molecule has 0 aliphatic heterocycles. The fourth-order valence-electron chi connectivity index (χ4n) is 2.20. The lowest BCUT2D eigenvalue weighted by Crippen LogP contribution is -2.40. The van der Waals surface area contributed by atoms with Gasteiger partial charge in [-0.1, -0.05) is 17.7 Å². The number of amides is 3. The monoisotopic (exact) mass is 430 g/mol. The van der Waals surface area contributed by atoms with Crippen LogP contribution in [0.25, 0.3) is 0 Å². The first-order chi connectivity index (χ1) is 12.8. The van der Waals surface area contributed by atoms with Crippen LogP contribution in [-0.2, 0) is 6.42 Å². The lowest BCUT2D eigenvalue weighted by atomic mass is 10.1. The van der Waals surface area contributed by atoms with E-state index in [0.29, 0.717) is 19.4 Å². The van der Waals surface area contributed by atoms with Gasteiger partial charge in [0.25, 0.3) is 5.91 Å². The second-order valence-corrected chi connectivity index (χ2v) is 5.98. The van der Waals surface area contributed by atoms with Crippen molar-refractivity contribution in [1.29, 1.82) is 0 Å². The zero-order valence-electron chi connectivity index (χ0n) is 14.6. The van der Waals surface area contributed by atoms with E-state index >= 15 is 0 Å². The summed E-state index contributed by atoms with van der Waals surface area (Å²) in [7, 11) is 0. The molecule has 1 aromatic heterocycles. The van der Waals surface area contributed by atoms with E-state index in [1.54, 1.807) is 6.07 Å². The Balaban J connectivity index is 0.00000392. The SMILES string of the molecule is Cl.Nc1nc(N)c(C(=O)NC(=O)NCCCCc2ccc(O)c(O)c2)nc1Cl. The van der Waals surface area contributed by atoms with Gasteiger partial charge < -0.3 is 27.0 Å². The number of nitrogens with zero attached hydrogens (tertiary/aromatic N) is 2. The number of phenolic OH excluding ortho intramolecular Hbond substituents is 2. The third-order valence-corrected chi connectivity index (χ3v) is 3.84. The number of anilines is 2. The lowest BCUT2D eigenvalue weighted by molar-refractivity contribution is 0.0960. The first-order valence-electron chi connectivity index (χ1n) is 7.96. The highest BCUT2D eigenvalue weighted by atomic mass is 35.5. The Labute approximate surface area is 171 Å². The Morgan fingerprint density at radius 1 is 1.07 bits per heavy atom. The number of halogens is 2. The molecule has 0 saturated carbocycles. The highest BCUT2D eigenvalue weighted by molar-refractivity contribution is 6.31. The second kappa shape index (κ2) is 10.4. The highest BCUT2D eigenvalue weighted by Gasteiger charge is 2.18. The summed E-state index contributed by atoms with van der Waals surface area (Å²) in [5.41, 5.74) is 11.5. The van der Waals surface area contributed by atoms with Gasteiger partial charge in [0.05, 0.1) is 0 Å². The summed E-state index contributed by atoms with van der Waals surface area (Å²) in [6, 6.07) is 3.89. The summed E-state index contributed by atoms with van der Waals surface area (Å²) in [6.07, 6.45) is 2.02. The zero-order valence-corrected chi connectivity index (χ0v) is 16.2. The number of carbonyl (C=O) groups excluding carboxylic acids is 2. The van der Waals surface area contributed by atoms with Crippen LogP contribution in [0.15, 0.2) is 18.2 Å². The van der Waals surface area contributed by atoms with E-state index in [1.807, 2.05) is 0 Å². The van der Waals surface area contributed by atoms with Gasteiger partial charge in [-0.2, -0.15) is 0 Å². The number of aromatic nitrogens is 2. The van der Waals surface area contributed by atoms with Crippen LogP contribution in [0.3, 0.4) is 0 Å². The number of urea groups is 1. The van der Waals surface area contributed by atoms with Crippen LogP contribution in [0.5, 0.6) is 11.5 Å². The molecular weight excluding hydrogens is 411 g/mol. The molecular formula is C16H20Cl2N6O4. The fraction of sp³-hybridized carbons (Fsp3) is 0.250. The number of aromatic hydroxyl groups is 2. The summed E-state index contributed by atoms with van der Waals surface area (Å²) in [4.78, 5) is 31.1. The number of unbranched alkanes of at least 4 members (excludes halogenated alkanes) is 1. The average Bonchev–Trinajstić information content (AvgIpc) is 2.60. The van der Waals surface area contributed by atoms with Crippen molar-refractivity contribution in [3.05, 3.63) is 34.6 Å². The van der Waals surface area contributed by atoms with Gasteiger partial charge in [0.1, 0.15) is 0 Å². The number of nitrogens with two attached hydrogens (primary N) is 2. The van der Waals surface area contributed by atoms with Gasteiger partial charge in [0, 0.05) is 6.54 Å². The number of rotatable bonds is 6. The van der Waals surface area contributed by atoms with Crippen molar-refractivity contribution in [1.82, 2.24) is 20.6 Å². The molecule has 152 valence electrons. The third-order valence-electron chi connectivity index (χ3n) is 3.56. The molecule has 8 N–H and O–H groups in total. The summed E-state index contributed by atoms with van der Waals surface area (Å²) in [6.45, 7) is 0.326. The van der Waals surface area contributed by atoms with Crippen molar-refractivity contribution in [2.75, 3.05) is 18.0 Å². The molecule has 0 bridgehead atoms. The van der Waals surface area contributed by atoms with Crippen molar-refractivity contribution >= 4 is 47.6 Å². The molecule has 3 amide bonds. The molecule has 2 rings (SSSR count). The Hall–Kier alpha value is -2.98. The predicted molar refractivity (Wildman–Crippen MR) is 107 cm³/mol. The summed E-state index contributed by atoms with van der Waals surface area (Å²) in [5.74, 6) is -1.54. The quantitative estimate of drug-likeness (QED) is 0.295. The number of hydrogen-bond acceptors (Lipinski definition) is 8. The maximum absolute atomic E-state index is 12.0. The van der Waals surface area contributed by atoms with Crippen LogP contribution in [0.1, 0.15) is 28.9 Å². The molecule has 28 heavy (non-hydrogen) atoms. The van der Waals surface area contributed by atoms with Gasteiger partial charge in [-0.3, -0.25) is 10.1 Å². The molecule has 0 radical (unpaired) electrons. The van der Waals surface area contributed by atoms with E-state index in [9.17, 15) is 19.8 Å². The van der Waals surface area contributed by atoms with Gasteiger partial charge in [0.2, 0.25) is 0 Å². The number of nitrogen functional groups attached to an aromatic ring is 2. The van der Waals surface area contributed by atoms with Crippen molar-refractivity contribution in [3.8, 4) is 11.5 Å². The number of phenols is 2. The summed E-state index contributed by atoms with van der Waals surface area (Å²) >= 11 is 5.69. The largest absolute Gasteiger partial charge is 0.504 e. The molecule has 0 unspecified atom stereocenters. The molecule has 0 saturated heterocycles. The molecule has 12 heteroatoms. The minimum atomic E-state index is -0.848. The molecule has 0 spiro atoms. The normalized spacial score (nSPS) is 10.0. The van der Waals surface area contributed by atoms with E-state index in [4.69, 9.17) is 23.1 Å². The molecule has 0 fully saturated rings. The Kier molecular flexibility index (Phi) is 8.55. The lowest BCUT2D eigenvalue weighted by Gasteiger charge is -2.08. The smallest absolute Gasteiger partial charge is 0.321 e. The van der Waals surface area contributed by atoms with Crippen LogP contribution in [0.2, 0.25) is 5.15 Å². The summed E-state index contributed by atoms with van der Waals surface area (Å²) in [5, 5.41) is 23.1. The Morgan fingerprint density at radius 3 is 2.46 bits per heavy atom. The average molecular weight is 431 g/mol. The first kappa shape index (κ1) is 23.1. The number of carbonyl (C=O) groups is 2. The molecule has 1 heterocycles. The molecule has 2 aromatic rings. The van der Waals surface area contributed by atoms with Crippen LogP contribution in [0.4, 0.5) is 16.4 Å². The summed E-state index contributed by atoms with van der Waals surface area (Å²) < 4.78 is 0. The molecule has 10 nitrogen and oxygen atoms in total. The molecule has 0 atom stereocenters. The van der Waals surface area contributed by atoms with E-state index in [2.05, 4.69) is 20.6 Å². The third kappa shape index (κ3) is 6.32. The van der Waals surface area contributed by atoms with Crippen LogP contribution >= 0.6 is 24.0 Å². The van der Waals surface area contributed by atoms with Gasteiger partial charge in [-0.15, -0.1) is 12.4 Å². The number of benzene rings is 1. The minimum absolute atomic E-state index is 0. The molecule has 1 aromatic carbocycles. The van der Waals surface area contributed by atoms with E-state index in [-0.39, 0.29) is 46.4 Å². The number of imide groups is 1. The standard InChI is InChI=1S/C16H19ClN6O4.ClH/c17-12-14(19)22-13(18)11(21-12)15(26)23-16(27)20-6-2-1-3-8-4-5-9(24)10(25)7-8;/h4-5,7,24-25H,1-3,6H2,(H4,18,19,22)(H2,20,23,26,27);1H. The zero-order chi connectivity index (χ0) is 20.0. The predicted octanol–water partition coefficient (Wildman–Crippen LogP) is 1.59. The number of hydrogen-bond donors (Lipinski definition) is 6. The number of aryl methyl sites for hydroxylation is 1. The molecule has 0 aliphatic rings. The van der Waals surface area contributed by atoms with Crippen LogP contribution in [0, 0.1) is 0 Å². The van der Waals surface area contributed by atoms with Gasteiger partial charge >= 0.3 is 6.03 Å². The fourth-order valence-corrected chi connectivity index (χ4v) is 2.32. The van der Waals surface area contributed by atoms with Gasteiger partial charge in [-0.25, -0.2) is 14.8 Å². The van der Waals surface area contributed by atoms with E-state index in [0.717, 1.165) is 12.0 Å². The topological polar surface area (TPSA) is 176 Å². The maximum Gasteiger partial charge on any atom is 0.321 e. The van der Waals surface area contributed by atoms with Crippen LogP contribution < -0.4 is 22.1 Å². The van der Waals surface area contributed by atoms with Gasteiger partial charge in [0.15, 0.2) is 34.0 Å². The van der Waals surface area contributed by atoms with Crippen molar-refractivity contribution < 1.29 is 19.8 Å². The van der Waals surface area contributed by atoms with Crippen LogP contribution in [-0.4, -0.2) is 38.7 Å². The van der Waals surface area contributed by atoms with Crippen molar-refractivity contribution in [2.45, 2.75) is 19.3 Å². The number of nitrogens with one attached hydrogen (secondary N) is 2. The van der Waals surface area contributed by atoms with E-state index < -0.39 is 11.9 Å². The minimum Gasteiger partial charge on any atom is -0.504 e. The van der Waals surface area contributed by atoms with Crippen molar-refractivity contribution in [3.63, 3.8) is 0 Å². The van der Waals surface area contributed by atoms with Gasteiger partial charge in [-0.05, 0) is 37.0 Å². The van der Waals surface area contributed by atoms with E-state index in [1.165, 1.54) is 12.1 Å². The Bertz CT molecular complexity index is 865. The molecule has 0 aliphatic carbocycles. The Morgan fingerprint density at radius 2 is 1.79 bits per heavy atom. The van der Waals surface area contributed by atoms with Crippen molar-refractivity contribution in [2.24, 2.45) is 0 Å². The second-order valence-electron chi connectivity index (χ2n) is 5.62. The highest BCUT2D eigenvalue weighted by Crippen LogP contribution is 2.25. The first-order valence-corrected chi connectivity index (χ1v) is 8.34. The maximum atomic E-state index is 12.0.